The average Bonchev–Trinajstić information content (AvgIpc) is 2.67. The van der Waals surface area contributed by atoms with Crippen LogP contribution in [0, 0.1) is 5.92 Å². The van der Waals surface area contributed by atoms with Gasteiger partial charge in [0.25, 0.3) is 0 Å². The smallest absolute Gasteiger partial charge is 0.247 e. The first-order valence-corrected chi connectivity index (χ1v) is 10.6. The monoisotopic (exact) mass is 352 g/mol. The summed E-state index contributed by atoms with van der Waals surface area (Å²) in [6, 6.07) is 1.30. The van der Waals surface area contributed by atoms with Crippen molar-refractivity contribution in [2.24, 2.45) is 11.1 Å². The molecule has 9 heteroatoms. The molecule has 0 amide bonds. The molecule has 0 radical (unpaired) electrons. The van der Waals surface area contributed by atoms with Gasteiger partial charge < -0.3 is 0 Å². The molecular weight excluding hydrogens is 332 g/mol. The highest BCUT2D eigenvalue weighted by Crippen LogP contribution is 2.34. The zero-order chi connectivity index (χ0) is 16.0. The second kappa shape index (κ2) is 5.62. The molecule has 120 valence electrons. The van der Waals surface area contributed by atoms with E-state index < -0.39 is 19.9 Å². The number of nitrogens with zero attached hydrogens (tertiary/aromatic N) is 1. The molecule has 1 aliphatic heterocycles. The normalized spacial score (nSPS) is 23.0. The molecule has 0 fully saturated rings. The fourth-order valence-corrected chi connectivity index (χ4v) is 6.81. The molecule has 0 spiro atoms. The fraction of sp³-hybridized carbons (Fsp3) is 0.667. The summed E-state index contributed by atoms with van der Waals surface area (Å²) in [5.74, 6) is 0.394. The largest absolute Gasteiger partial charge is 0.295 e. The number of thiophene rings is 1. The Balaban J connectivity index is 2.51. The molecule has 2 rings (SSSR count). The fourth-order valence-electron chi connectivity index (χ4n) is 2.49. The van der Waals surface area contributed by atoms with Crippen LogP contribution in [-0.2, 0) is 26.4 Å². The van der Waals surface area contributed by atoms with Crippen LogP contribution in [0.15, 0.2) is 14.5 Å². The van der Waals surface area contributed by atoms with Gasteiger partial charge in [0.05, 0.1) is 5.75 Å². The van der Waals surface area contributed by atoms with E-state index in [-0.39, 0.29) is 20.2 Å². The highest BCUT2D eigenvalue weighted by Gasteiger charge is 2.33. The summed E-state index contributed by atoms with van der Waals surface area (Å²) in [6.45, 7) is 7.21. The maximum absolute atomic E-state index is 12.4. The number of nitrogens with two attached hydrogens (primary N) is 1. The van der Waals surface area contributed by atoms with E-state index in [0.717, 1.165) is 17.9 Å². The average molecular weight is 353 g/mol. The third kappa shape index (κ3) is 3.65. The summed E-state index contributed by atoms with van der Waals surface area (Å²) in [5, 5.41) is 5.11. The SMILES string of the molecule is CC(C)CN1Cc2cc(S(N)(=O)=O)sc2S(=O)(=O)C[C@H]1C. The molecule has 0 aliphatic carbocycles. The lowest BCUT2D eigenvalue weighted by molar-refractivity contribution is 0.192. The Morgan fingerprint density at radius 2 is 2.10 bits per heavy atom. The molecule has 2 heterocycles. The van der Waals surface area contributed by atoms with E-state index in [1.165, 1.54) is 6.07 Å². The van der Waals surface area contributed by atoms with Crippen LogP contribution in [0.3, 0.4) is 0 Å². The lowest BCUT2D eigenvalue weighted by Crippen LogP contribution is -2.37. The van der Waals surface area contributed by atoms with Crippen molar-refractivity contribution >= 4 is 31.2 Å². The molecule has 0 saturated carbocycles. The Kier molecular flexibility index (Phi) is 4.52. The molecule has 1 aromatic heterocycles. The molecule has 2 N–H and O–H groups in total. The van der Waals surface area contributed by atoms with Gasteiger partial charge in [-0.25, -0.2) is 22.0 Å². The maximum atomic E-state index is 12.4. The van der Waals surface area contributed by atoms with Crippen molar-refractivity contribution in [3.05, 3.63) is 11.6 Å². The van der Waals surface area contributed by atoms with Crippen LogP contribution in [0.4, 0.5) is 0 Å². The first kappa shape index (κ1) is 16.9. The first-order valence-electron chi connectivity index (χ1n) is 6.63. The minimum Gasteiger partial charge on any atom is -0.295 e. The van der Waals surface area contributed by atoms with Crippen molar-refractivity contribution in [3.8, 4) is 0 Å². The molecule has 1 aliphatic rings. The van der Waals surface area contributed by atoms with Crippen molar-refractivity contribution in [3.63, 3.8) is 0 Å². The van der Waals surface area contributed by atoms with E-state index in [9.17, 15) is 16.8 Å². The number of rotatable bonds is 3. The second-order valence-electron chi connectivity index (χ2n) is 5.88. The van der Waals surface area contributed by atoms with Gasteiger partial charge >= 0.3 is 0 Å². The molecule has 0 saturated heterocycles. The standard InChI is InChI=1S/C12H20N2O4S3/c1-8(2)5-14-6-10-4-11(21(13,17)18)19-12(10)20(15,16)7-9(14)3/h4,8-9H,5-7H2,1-3H3,(H2,13,17,18)/t9-/m1/s1. The van der Waals surface area contributed by atoms with Crippen LogP contribution in [-0.4, -0.2) is 40.1 Å². The molecular formula is C12H20N2O4S3. The predicted octanol–water partition coefficient (Wildman–Crippen LogP) is 1.03. The number of sulfone groups is 1. The van der Waals surface area contributed by atoms with Crippen molar-refractivity contribution in [1.82, 2.24) is 4.90 Å². The number of primary sulfonamides is 1. The van der Waals surface area contributed by atoms with Gasteiger partial charge in [0.2, 0.25) is 10.0 Å². The Bertz CT molecular complexity index is 735. The minimum absolute atomic E-state index is 0.00269. The zero-order valence-corrected chi connectivity index (χ0v) is 14.7. The first-order chi connectivity index (χ1) is 9.50. The van der Waals surface area contributed by atoms with Gasteiger partial charge in [-0.1, -0.05) is 13.8 Å². The van der Waals surface area contributed by atoms with Gasteiger partial charge in [-0.2, -0.15) is 0 Å². The summed E-state index contributed by atoms with van der Waals surface area (Å²) in [7, 11) is -7.36. The van der Waals surface area contributed by atoms with Gasteiger partial charge in [-0.3, -0.25) is 4.90 Å². The van der Waals surface area contributed by atoms with Gasteiger partial charge in [0, 0.05) is 19.1 Å². The van der Waals surface area contributed by atoms with Crippen LogP contribution < -0.4 is 5.14 Å². The van der Waals surface area contributed by atoms with Gasteiger partial charge in [-0.05, 0) is 24.5 Å². The lowest BCUT2D eigenvalue weighted by Gasteiger charge is -2.28. The highest BCUT2D eigenvalue weighted by atomic mass is 32.3. The van der Waals surface area contributed by atoms with Crippen LogP contribution in [0.1, 0.15) is 26.3 Å². The van der Waals surface area contributed by atoms with Crippen molar-refractivity contribution in [1.29, 1.82) is 0 Å². The molecule has 21 heavy (non-hydrogen) atoms. The predicted molar refractivity (Wildman–Crippen MR) is 82.5 cm³/mol. The van der Waals surface area contributed by atoms with E-state index in [2.05, 4.69) is 18.7 Å². The molecule has 0 bridgehead atoms. The Hall–Kier alpha value is -0.480. The molecule has 1 atom stereocenters. The molecule has 0 unspecified atom stereocenters. The Morgan fingerprint density at radius 1 is 1.48 bits per heavy atom. The molecule has 6 nitrogen and oxygen atoms in total. The van der Waals surface area contributed by atoms with E-state index in [1.807, 2.05) is 6.92 Å². The summed E-state index contributed by atoms with van der Waals surface area (Å²) < 4.78 is 47.8. The van der Waals surface area contributed by atoms with Crippen LogP contribution in [0.25, 0.3) is 0 Å². The summed E-state index contributed by atoms with van der Waals surface area (Å²) in [5.41, 5.74) is 0.536. The van der Waals surface area contributed by atoms with E-state index in [4.69, 9.17) is 5.14 Å². The van der Waals surface area contributed by atoms with Crippen LogP contribution in [0.5, 0.6) is 0 Å². The zero-order valence-electron chi connectivity index (χ0n) is 12.2. The number of sulfonamides is 1. The Labute approximate surface area is 129 Å². The number of hydrogen-bond acceptors (Lipinski definition) is 6. The summed E-state index contributed by atoms with van der Waals surface area (Å²) >= 11 is 0.758. The summed E-state index contributed by atoms with van der Waals surface area (Å²) in [4.78, 5) is 2.08. The summed E-state index contributed by atoms with van der Waals surface area (Å²) in [6.07, 6.45) is 0. The van der Waals surface area contributed by atoms with Crippen LogP contribution in [0.2, 0.25) is 0 Å². The van der Waals surface area contributed by atoms with E-state index in [0.29, 0.717) is 18.0 Å². The maximum Gasteiger partial charge on any atom is 0.247 e. The highest BCUT2D eigenvalue weighted by molar-refractivity contribution is 7.95. The second-order valence-corrected chi connectivity index (χ2v) is 10.9. The quantitative estimate of drug-likeness (QED) is 0.876. The van der Waals surface area contributed by atoms with Gasteiger partial charge in [-0.15, -0.1) is 11.3 Å². The van der Waals surface area contributed by atoms with Gasteiger partial charge in [0.15, 0.2) is 9.84 Å². The van der Waals surface area contributed by atoms with E-state index >= 15 is 0 Å². The number of fused-ring (bicyclic) bond motifs is 1. The topological polar surface area (TPSA) is 97.5 Å². The molecule has 1 aromatic rings. The van der Waals surface area contributed by atoms with E-state index in [1.54, 1.807) is 0 Å². The van der Waals surface area contributed by atoms with Crippen LogP contribution >= 0.6 is 11.3 Å². The molecule has 0 aromatic carbocycles. The number of hydrogen-bond donors (Lipinski definition) is 1. The Morgan fingerprint density at radius 3 is 2.62 bits per heavy atom. The minimum atomic E-state index is -3.88. The van der Waals surface area contributed by atoms with Crippen molar-refractivity contribution in [2.45, 2.75) is 41.8 Å². The van der Waals surface area contributed by atoms with Gasteiger partial charge in [0.1, 0.15) is 8.42 Å². The third-order valence-corrected chi connectivity index (χ3v) is 8.52. The third-order valence-electron chi connectivity index (χ3n) is 3.37. The van der Waals surface area contributed by atoms with Crippen molar-refractivity contribution < 1.29 is 16.8 Å². The lowest BCUT2D eigenvalue weighted by atomic mass is 10.1. The van der Waals surface area contributed by atoms with Crippen molar-refractivity contribution in [2.75, 3.05) is 12.3 Å².